The van der Waals surface area contributed by atoms with Crippen LogP contribution in [0.5, 0.6) is 0 Å². The van der Waals surface area contributed by atoms with Gasteiger partial charge in [-0.3, -0.25) is 10.1 Å². The van der Waals surface area contributed by atoms with E-state index in [9.17, 15) is 18.9 Å². The van der Waals surface area contributed by atoms with Crippen LogP contribution in [0.3, 0.4) is 0 Å². The average molecular weight is 299 g/mol. The van der Waals surface area contributed by atoms with Crippen LogP contribution in [0.2, 0.25) is 5.02 Å². The molecule has 0 saturated heterocycles. The molecule has 20 heavy (non-hydrogen) atoms. The van der Waals surface area contributed by atoms with Crippen LogP contribution in [0, 0.1) is 21.7 Å². The normalized spacial score (nSPS) is 10.3. The van der Waals surface area contributed by atoms with Crippen molar-refractivity contribution in [2.45, 2.75) is 6.54 Å². The number of nitro benzene ring substituents is 1. The van der Waals surface area contributed by atoms with E-state index in [2.05, 4.69) is 5.32 Å². The fourth-order valence-electron chi connectivity index (χ4n) is 1.66. The molecule has 2 aromatic rings. The molecule has 0 amide bonds. The second kappa shape index (κ2) is 5.83. The SMILES string of the molecule is O=[N+]([O-])c1cc(Cl)c(F)cc1NCc1ccccc1F. The van der Waals surface area contributed by atoms with Crippen molar-refractivity contribution in [2.24, 2.45) is 0 Å². The summed E-state index contributed by atoms with van der Waals surface area (Å²) in [5.74, 6) is -1.23. The lowest BCUT2D eigenvalue weighted by Gasteiger charge is -2.08. The molecule has 4 nitrogen and oxygen atoms in total. The molecule has 0 atom stereocenters. The van der Waals surface area contributed by atoms with Gasteiger partial charge in [0.25, 0.3) is 5.69 Å². The molecule has 0 aliphatic rings. The number of hydrogen-bond donors (Lipinski definition) is 1. The van der Waals surface area contributed by atoms with Gasteiger partial charge in [-0.2, -0.15) is 0 Å². The van der Waals surface area contributed by atoms with Crippen LogP contribution in [-0.4, -0.2) is 4.92 Å². The minimum Gasteiger partial charge on any atom is -0.375 e. The van der Waals surface area contributed by atoms with E-state index in [1.165, 1.54) is 18.2 Å². The summed E-state index contributed by atoms with van der Waals surface area (Å²) in [6.07, 6.45) is 0. The van der Waals surface area contributed by atoms with Gasteiger partial charge in [-0.15, -0.1) is 0 Å². The maximum atomic E-state index is 13.4. The summed E-state index contributed by atoms with van der Waals surface area (Å²) in [6.45, 7) is -0.00537. The van der Waals surface area contributed by atoms with Gasteiger partial charge in [-0.1, -0.05) is 29.8 Å². The molecule has 0 radical (unpaired) electrons. The van der Waals surface area contributed by atoms with E-state index in [1.807, 2.05) is 0 Å². The van der Waals surface area contributed by atoms with Crippen molar-refractivity contribution < 1.29 is 13.7 Å². The second-order valence-corrected chi connectivity index (χ2v) is 4.39. The predicted octanol–water partition coefficient (Wildman–Crippen LogP) is 4.14. The van der Waals surface area contributed by atoms with Gasteiger partial charge in [0.2, 0.25) is 0 Å². The van der Waals surface area contributed by atoms with Crippen molar-refractivity contribution in [3.05, 3.63) is 68.7 Å². The second-order valence-electron chi connectivity index (χ2n) is 3.99. The highest BCUT2D eigenvalue weighted by Gasteiger charge is 2.17. The lowest BCUT2D eigenvalue weighted by atomic mass is 10.2. The Kier molecular flexibility index (Phi) is 4.14. The largest absolute Gasteiger partial charge is 0.375 e. The van der Waals surface area contributed by atoms with Gasteiger partial charge < -0.3 is 5.32 Å². The first-order valence-corrected chi connectivity index (χ1v) is 5.97. The first kappa shape index (κ1) is 14.2. The topological polar surface area (TPSA) is 55.2 Å². The van der Waals surface area contributed by atoms with Gasteiger partial charge in [0.1, 0.15) is 17.3 Å². The molecule has 2 rings (SSSR count). The first-order valence-electron chi connectivity index (χ1n) is 5.59. The number of halogens is 3. The Morgan fingerprint density at radius 1 is 1.20 bits per heavy atom. The summed E-state index contributed by atoms with van der Waals surface area (Å²) in [7, 11) is 0. The number of benzene rings is 2. The van der Waals surface area contributed by atoms with Gasteiger partial charge in [0.15, 0.2) is 0 Å². The minimum absolute atomic E-state index is 0.00537. The summed E-state index contributed by atoms with van der Waals surface area (Å²) in [5, 5.41) is 13.2. The highest BCUT2D eigenvalue weighted by molar-refractivity contribution is 6.31. The van der Waals surface area contributed by atoms with Crippen LogP contribution in [0.15, 0.2) is 36.4 Å². The maximum absolute atomic E-state index is 13.4. The molecule has 0 bridgehead atoms. The third-order valence-electron chi connectivity index (χ3n) is 2.66. The van der Waals surface area contributed by atoms with Crippen LogP contribution < -0.4 is 5.32 Å². The molecule has 0 fully saturated rings. The van der Waals surface area contributed by atoms with E-state index in [0.717, 1.165) is 12.1 Å². The summed E-state index contributed by atoms with van der Waals surface area (Å²) < 4.78 is 26.8. The molecule has 0 spiro atoms. The number of rotatable bonds is 4. The molecule has 0 saturated carbocycles. The Balaban J connectivity index is 2.27. The molecular weight excluding hydrogens is 290 g/mol. The van der Waals surface area contributed by atoms with Gasteiger partial charge in [-0.25, -0.2) is 8.78 Å². The molecule has 1 N–H and O–H groups in total. The fraction of sp³-hybridized carbons (Fsp3) is 0.0769. The minimum atomic E-state index is -0.784. The van der Waals surface area contributed by atoms with Gasteiger partial charge in [0, 0.05) is 24.2 Å². The Bertz CT molecular complexity index is 665. The zero-order valence-corrected chi connectivity index (χ0v) is 10.8. The van der Waals surface area contributed by atoms with Crippen molar-refractivity contribution in [1.29, 1.82) is 0 Å². The van der Waals surface area contributed by atoms with E-state index in [1.54, 1.807) is 6.07 Å². The quantitative estimate of drug-likeness (QED) is 0.682. The van der Waals surface area contributed by atoms with Crippen LogP contribution in [0.4, 0.5) is 20.2 Å². The molecule has 0 aliphatic carbocycles. The number of anilines is 1. The Morgan fingerprint density at radius 3 is 2.55 bits per heavy atom. The zero-order chi connectivity index (χ0) is 14.7. The standard InChI is InChI=1S/C13H9ClF2N2O2/c14-9-5-13(18(19)20)12(6-11(9)16)17-7-8-3-1-2-4-10(8)15/h1-6,17H,7H2. The van der Waals surface area contributed by atoms with Crippen LogP contribution >= 0.6 is 11.6 Å². The Morgan fingerprint density at radius 2 is 1.90 bits per heavy atom. The molecule has 0 aliphatic heterocycles. The van der Waals surface area contributed by atoms with Crippen molar-refractivity contribution in [3.63, 3.8) is 0 Å². The Labute approximate surface area is 118 Å². The monoisotopic (exact) mass is 298 g/mol. The molecule has 0 heterocycles. The fourth-order valence-corrected chi connectivity index (χ4v) is 1.82. The first-order chi connectivity index (χ1) is 9.49. The summed E-state index contributed by atoms with van der Waals surface area (Å²) in [6, 6.07) is 7.80. The summed E-state index contributed by atoms with van der Waals surface area (Å²) in [4.78, 5) is 10.2. The van der Waals surface area contributed by atoms with Crippen molar-refractivity contribution in [1.82, 2.24) is 0 Å². The maximum Gasteiger partial charge on any atom is 0.294 e. The van der Waals surface area contributed by atoms with E-state index < -0.39 is 16.6 Å². The summed E-state index contributed by atoms with van der Waals surface area (Å²) >= 11 is 5.51. The zero-order valence-electron chi connectivity index (χ0n) is 10.1. The van der Waals surface area contributed by atoms with E-state index in [0.29, 0.717) is 5.56 Å². The molecule has 104 valence electrons. The average Bonchev–Trinajstić information content (AvgIpc) is 2.41. The lowest BCUT2D eigenvalue weighted by molar-refractivity contribution is -0.384. The van der Waals surface area contributed by atoms with E-state index >= 15 is 0 Å². The van der Waals surface area contributed by atoms with Gasteiger partial charge in [-0.05, 0) is 6.07 Å². The van der Waals surface area contributed by atoms with Crippen LogP contribution in [0.25, 0.3) is 0 Å². The number of hydrogen-bond acceptors (Lipinski definition) is 3. The lowest BCUT2D eigenvalue weighted by Crippen LogP contribution is -2.05. The van der Waals surface area contributed by atoms with Crippen LogP contribution in [0.1, 0.15) is 5.56 Å². The third kappa shape index (κ3) is 3.03. The number of nitrogens with zero attached hydrogens (tertiary/aromatic N) is 1. The number of nitro groups is 1. The molecule has 0 aromatic heterocycles. The van der Waals surface area contributed by atoms with Crippen molar-refractivity contribution in [2.75, 3.05) is 5.32 Å². The van der Waals surface area contributed by atoms with Crippen molar-refractivity contribution in [3.8, 4) is 0 Å². The summed E-state index contributed by atoms with van der Waals surface area (Å²) in [5.41, 5.74) is -0.106. The molecule has 0 unspecified atom stereocenters. The smallest absolute Gasteiger partial charge is 0.294 e. The molecular formula is C13H9ClF2N2O2. The van der Waals surface area contributed by atoms with Gasteiger partial charge in [0.05, 0.1) is 9.95 Å². The van der Waals surface area contributed by atoms with Gasteiger partial charge >= 0.3 is 0 Å². The van der Waals surface area contributed by atoms with E-state index in [-0.39, 0.29) is 22.9 Å². The van der Waals surface area contributed by atoms with Crippen LogP contribution in [-0.2, 0) is 6.54 Å². The highest BCUT2D eigenvalue weighted by atomic mass is 35.5. The Hall–Kier alpha value is -2.21. The molecule has 2 aromatic carbocycles. The van der Waals surface area contributed by atoms with E-state index in [4.69, 9.17) is 11.6 Å². The highest BCUT2D eigenvalue weighted by Crippen LogP contribution is 2.30. The number of nitrogens with one attached hydrogen (secondary N) is 1. The predicted molar refractivity (Wildman–Crippen MR) is 71.8 cm³/mol. The molecule has 7 heteroatoms. The third-order valence-corrected chi connectivity index (χ3v) is 2.95. The van der Waals surface area contributed by atoms with Crippen molar-refractivity contribution >= 4 is 23.0 Å².